The SMILES string of the molecule is NC(=O)c1cccc2[nH]c(C=O)nc12. The second kappa shape index (κ2) is 2.95. The molecule has 14 heavy (non-hydrogen) atoms. The molecule has 70 valence electrons. The Hall–Kier alpha value is -2.17. The number of nitrogens with zero attached hydrogens (tertiary/aromatic N) is 1. The molecule has 0 fully saturated rings. The van der Waals surface area contributed by atoms with Gasteiger partial charge in [-0.3, -0.25) is 9.59 Å². The van der Waals surface area contributed by atoms with E-state index in [1.165, 1.54) is 0 Å². The predicted octanol–water partition coefficient (Wildman–Crippen LogP) is 0.474. The number of primary amides is 1. The van der Waals surface area contributed by atoms with Gasteiger partial charge in [0.2, 0.25) is 0 Å². The van der Waals surface area contributed by atoms with Gasteiger partial charge in [-0.05, 0) is 12.1 Å². The van der Waals surface area contributed by atoms with Crippen LogP contribution in [0.3, 0.4) is 0 Å². The van der Waals surface area contributed by atoms with Crippen molar-refractivity contribution in [2.45, 2.75) is 0 Å². The summed E-state index contributed by atoms with van der Waals surface area (Å²) >= 11 is 0. The van der Waals surface area contributed by atoms with Crippen molar-refractivity contribution in [2.24, 2.45) is 5.73 Å². The average Bonchev–Trinajstić information content (AvgIpc) is 2.59. The Bertz CT molecular complexity index is 516. The number of benzene rings is 1. The monoisotopic (exact) mass is 189 g/mol. The molecule has 1 aromatic carbocycles. The van der Waals surface area contributed by atoms with Crippen molar-refractivity contribution in [2.75, 3.05) is 0 Å². The van der Waals surface area contributed by atoms with E-state index >= 15 is 0 Å². The van der Waals surface area contributed by atoms with Crippen LogP contribution < -0.4 is 5.73 Å². The molecule has 2 rings (SSSR count). The number of para-hydroxylation sites is 1. The summed E-state index contributed by atoms with van der Waals surface area (Å²) in [4.78, 5) is 28.1. The van der Waals surface area contributed by atoms with E-state index < -0.39 is 5.91 Å². The molecule has 0 saturated heterocycles. The minimum atomic E-state index is -0.556. The summed E-state index contributed by atoms with van der Waals surface area (Å²) in [6.07, 6.45) is 0.588. The molecule has 5 nitrogen and oxygen atoms in total. The molecular weight excluding hydrogens is 182 g/mol. The lowest BCUT2D eigenvalue weighted by molar-refractivity contribution is 0.100. The molecule has 1 heterocycles. The Morgan fingerprint density at radius 2 is 2.29 bits per heavy atom. The highest BCUT2D eigenvalue weighted by molar-refractivity contribution is 6.04. The number of nitrogens with two attached hydrogens (primary N) is 1. The highest BCUT2D eigenvalue weighted by Gasteiger charge is 2.09. The van der Waals surface area contributed by atoms with Gasteiger partial charge in [-0.15, -0.1) is 0 Å². The van der Waals surface area contributed by atoms with Crippen molar-refractivity contribution in [3.63, 3.8) is 0 Å². The molecule has 0 aliphatic heterocycles. The van der Waals surface area contributed by atoms with Gasteiger partial charge in [0.15, 0.2) is 12.1 Å². The quantitative estimate of drug-likeness (QED) is 0.673. The summed E-state index contributed by atoms with van der Waals surface area (Å²) in [5, 5.41) is 0. The third-order valence-corrected chi connectivity index (χ3v) is 1.91. The van der Waals surface area contributed by atoms with Crippen LogP contribution in [-0.2, 0) is 0 Å². The maximum absolute atomic E-state index is 11.0. The van der Waals surface area contributed by atoms with Gasteiger partial charge in [0, 0.05) is 0 Å². The normalized spacial score (nSPS) is 10.3. The zero-order chi connectivity index (χ0) is 10.1. The van der Waals surface area contributed by atoms with Crippen molar-refractivity contribution in [3.05, 3.63) is 29.6 Å². The summed E-state index contributed by atoms with van der Waals surface area (Å²) in [6.45, 7) is 0. The molecule has 1 amide bonds. The first-order chi connectivity index (χ1) is 6.72. The molecule has 0 spiro atoms. The minimum Gasteiger partial charge on any atom is -0.366 e. The fourth-order valence-electron chi connectivity index (χ4n) is 1.31. The Kier molecular flexibility index (Phi) is 1.78. The van der Waals surface area contributed by atoms with E-state index in [0.29, 0.717) is 22.9 Å². The highest BCUT2D eigenvalue weighted by Crippen LogP contribution is 2.15. The number of amides is 1. The Morgan fingerprint density at radius 1 is 1.50 bits per heavy atom. The van der Waals surface area contributed by atoms with Crippen molar-refractivity contribution < 1.29 is 9.59 Å². The van der Waals surface area contributed by atoms with E-state index in [0.717, 1.165) is 0 Å². The standard InChI is InChI=1S/C9H7N3O2/c10-9(14)5-2-1-3-6-8(5)12-7(4-13)11-6/h1-4H,(H2,10,14)(H,11,12). The Labute approximate surface area is 78.9 Å². The van der Waals surface area contributed by atoms with Crippen molar-refractivity contribution in [1.82, 2.24) is 9.97 Å². The first kappa shape index (κ1) is 8.43. The highest BCUT2D eigenvalue weighted by atomic mass is 16.1. The number of carbonyl (C=O) groups excluding carboxylic acids is 2. The molecule has 0 saturated carbocycles. The van der Waals surface area contributed by atoms with E-state index in [-0.39, 0.29) is 5.82 Å². The largest absolute Gasteiger partial charge is 0.366 e. The number of aromatic amines is 1. The molecule has 2 aromatic rings. The lowest BCUT2D eigenvalue weighted by Crippen LogP contribution is -2.11. The lowest BCUT2D eigenvalue weighted by Gasteiger charge is -1.94. The number of carbonyl (C=O) groups is 2. The average molecular weight is 189 g/mol. The number of fused-ring (bicyclic) bond motifs is 1. The molecule has 0 aliphatic carbocycles. The van der Waals surface area contributed by atoms with Crippen LogP contribution in [-0.4, -0.2) is 22.2 Å². The molecule has 3 N–H and O–H groups in total. The maximum atomic E-state index is 11.0. The first-order valence-corrected chi connectivity index (χ1v) is 3.96. The fourth-order valence-corrected chi connectivity index (χ4v) is 1.31. The van der Waals surface area contributed by atoms with Crippen LogP contribution >= 0.6 is 0 Å². The zero-order valence-corrected chi connectivity index (χ0v) is 7.15. The van der Waals surface area contributed by atoms with Crippen LogP contribution in [0.4, 0.5) is 0 Å². The number of imidazole rings is 1. The lowest BCUT2D eigenvalue weighted by atomic mass is 10.2. The molecule has 1 aromatic heterocycles. The van der Waals surface area contributed by atoms with E-state index in [9.17, 15) is 9.59 Å². The van der Waals surface area contributed by atoms with Gasteiger partial charge in [0.05, 0.1) is 11.1 Å². The molecule has 5 heteroatoms. The van der Waals surface area contributed by atoms with E-state index in [1.807, 2.05) is 0 Å². The van der Waals surface area contributed by atoms with Crippen molar-refractivity contribution >= 4 is 23.2 Å². The maximum Gasteiger partial charge on any atom is 0.250 e. The van der Waals surface area contributed by atoms with Crippen LogP contribution in [0.25, 0.3) is 11.0 Å². The Morgan fingerprint density at radius 3 is 2.93 bits per heavy atom. The van der Waals surface area contributed by atoms with Crippen molar-refractivity contribution in [1.29, 1.82) is 0 Å². The van der Waals surface area contributed by atoms with Gasteiger partial charge in [-0.1, -0.05) is 6.07 Å². The number of rotatable bonds is 2. The van der Waals surface area contributed by atoms with Gasteiger partial charge in [0.1, 0.15) is 5.52 Å². The summed E-state index contributed by atoms with van der Waals surface area (Å²) in [7, 11) is 0. The summed E-state index contributed by atoms with van der Waals surface area (Å²) in [5.41, 5.74) is 6.52. The third kappa shape index (κ3) is 1.15. The van der Waals surface area contributed by atoms with Gasteiger partial charge < -0.3 is 10.7 Å². The van der Waals surface area contributed by atoms with Crippen LogP contribution in [0.5, 0.6) is 0 Å². The van der Waals surface area contributed by atoms with E-state index in [1.54, 1.807) is 18.2 Å². The van der Waals surface area contributed by atoms with Crippen LogP contribution in [0.1, 0.15) is 21.0 Å². The van der Waals surface area contributed by atoms with Gasteiger partial charge in [0.25, 0.3) is 5.91 Å². The van der Waals surface area contributed by atoms with Gasteiger partial charge in [-0.25, -0.2) is 4.98 Å². The molecule has 0 unspecified atom stereocenters. The van der Waals surface area contributed by atoms with E-state index in [2.05, 4.69) is 9.97 Å². The second-order valence-corrected chi connectivity index (χ2v) is 2.81. The third-order valence-electron chi connectivity index (χ3n) is 1.91. The molecule has 0 atom stereocenters. The minimum absolute atomic E-state index is 0.189. The molecule has 0 aliphatic rings. The molecule has 0 radical (unpaired) electrons. The predicted molar refractivity (Wildman–Crippen MR) is 50.0 cm³/mol. The van der Waals surface area contributed by atoms with Crippen LogP contribution in [0.2, 0.25) is 0 Å². The number of H-pyrrole nitrogens is 1. The van der Waals surface area contributed by atoms with Crippen LogP contribution in [0, 0.1) is 0 Å². The number of aldehydes is 1. The smallest absolute Gasteiger partial charge is 0.250 e. The molecular formula is C9H7N3O2. The van der Waals surface area contributed by atoms with Gasteiger partial charge >= 0.3 is 0 Å². The number of hydrogen-bond acceptors (Lipinski definition) is 3. The Balaban J connectivity index is 2.79. The second-order valence-electron chi connectivity index (χ2n) is 2.81. The first-order valence-electron chi connectivity index (χ1n) is 3.96. The van der Waals surface area contributed by atoms with Crippen molar-refractivity contribution in [3.8, 4) is 0 Å². The number of nitrogens with one attached hydrogen (secondary N) is 1. The number of aromatic nitrogens is 2. The molecule has 0 bridgehead atoms. The summed E-state index contributed by atoms with van der Waals surface area (Å²) in [6, 6.07) is 4.97. The van der Waals surface area contributed by atoms with E-state index in [4.69, 9.17) is 5.73 Å². The van der Waals surface area contributed by atoms with Gasteiger partial charge in [-0.2, -0.15) is 0 Å². The zero-order valence-electron chi connectivity index (χ0n) is 7.15. The topological polar surface area (TPSA) is 88.8 Å². The summed E-state index contributed by atoms with van der Waals surface area (Å²) < 4.78 is 0. The summed E-state index contributed by atoms with van der Waals surface area (Å²) in [5.74, 6) is -0.367. The number of hydrogen-bond donors (Lipinski definition) is 2. The van der Waals surface area contributed by atoms with Crippen LogP contribution in [0.15, 0.2) is 18.2 Å². The fraction of sp³-hybridized carbons (Fsp3) is 0.